The summed E-state index contributed by atoms with van der Waals surface area (Å²) in [6.45, 7) is 0. The molecule has 13 heavy (non-hydrogen) atoms. The summed E-state index contributed by atoms with van der Waals surface area (Å²) >= 11 is 3.10. The third kappa shape index (κ3) is 2.63. The van der Waals surface area contributed by atoms with Crippen molar-refractivity contribution in [2.45, 2.75) is 0 Å². The van der Waals surface area contributed by atoms with Gasteiger partial charge in [0.15, 0.2) is 5.82 Å². The van der Waals surface area contributed by atoms with Gasteiger partial charge in [0, 0.05) is 7.05 Å². The quantitative estimate of drug-likeness (QED) is 0.787. The second kappa shape index (κ2) is 3.59. The Labute approximate surface area is 85.0 Å². The zero-order chi connectivity index (χ0) is 10.1. The van der Waals surface area contributed by atoms with Crippen LogP contribution in [0.25, 0.3) is 0 Å². The average molecular weight is 266 g/mol. The van der Waals surface area contributed by atoms with E-state index in [4.69, 9.17) is 0 Å². The van der Waals surface area contributed by atoms with Crippen molar-refractivity contribution >= 4 is 31.8 Å². The Morgan fingerprint density at radius 1 is 1.38 bits per heavy atom. The molecule has 0 aliphatic carbocycles. The molecule has 0 N–H and O–H groups in total. The average Bonchev–Trinajstić information content (AvgIpc) is 2.03. The number of anilines is 1. The summed E-state index contributed by atoms with van der Waals surface area (Å²) in [6, 6.07) is 3.20. The molecule has 1 aromatic rings. The Hall–Kier alpha value is -0.690. The van der Waals surface area contributed by atoms with Crippen molar-refractivity contribution in [2.75, 3.05) is 17.6 Å². The van der Waals surface area contributed by atoms with Crippen molar-refractivity contribution in [3.8, 4) is 0 Å². The van der Waals surface area contributed by atoms with Gasteiger partial charge in [0.25, 0.3) is 0 Å². The van der Waals surface area contributed by atoms with Crippen LogP contribution in [-0.4, -0.2) is 31.9 Å². The van der Waals surface area contributed by atoms with Crippen LogP contribution in [0.1, 0.15) is 0 Å². The van der Waals surface area contributed by atoms with Crippen LogP contribution in [0.15, 0.2) is 16.7 Å². The number of halogens is 1. The summed E-state index contributed by atoms with van der Waals surface area (Å²) < 4.78 is 23.8. The van der Waals surface area contributed by atoms with Crippen molar-refractivity contribution < 1.29 is 8.42 Å². The van der Waals surface area contributed by atoms with Crippen LogP contribution >= 0.6 is 15.9 Å². The summed E-state index contributed by atoms with van der Waals surface area (Å²) in [4.78, 5) is 0. The molecule has 1 heterocycles. The molecule has 0 aliphatic rings. The molecule has 1 rings (SSSR count). The number of rotatable bonds is 2. The predicted molar refractivity (Wildman–Crippen MR) is 53.0 cm³/mol. The van der Waals surface area contributed by atoms with E-state index in [1.807, 2.05) is 0 Å². The van der Waals surface area contributed by atoms with Crippen LogP contribution in [0.3, 0.4) is 0 Å². The first kappa shape index (κ1) is 10.4. The van der Waals surface area contributed by atoms with Crippen LogP contribution in [0.4, 0.5) is 5.82 Å². The lowest BCUT2D eigenvalue weighted by Gasteiger charge is -2.13. The van der Waals surface area contributed by atoms with Crippen LogP contribution < -0.4 is 4.31 Å². The van der Waals surface area contributed by atoms with Crippen LogP contribution in [0.2, 0.25) is 0 Å². The molecule has 0 unspecified atom stereocenters. The summed E-state index contributed by atoms with van der Waals surface area (Å²) in [5.41, 5.74) is 0. The highest BCUT2D eigenvalue weighted by atomic mass is 79.9. The lowest BCUT2D eigenvalue weighted by Crippen LogP contribution is -2.25. The SMILES string of the molecule is CN(c1ccc(Br)nn1)S(C)(=O)=O. The van der Waals surface area contributed by atoms with E-state index in [1.165, 1.54) is 7.05 Å². The smallest absolute Gasteiger partial charge is 0.233 e. The molecule has 5 nitrogen and oxygen atoms in total. The van der Waals surface area contributed by atoms with E-state index in [-0.39, 0.29) is 0 Å². The monoisotopic (exact) mass is 265 g/mol. The molecule has 0 aromatic carbocycles. The molecule has 0 amide bonds. The van der Waals surface area contributed by atoms with Gasteiger partial charge in [-0.25, -0.2) is 8.42 Å². The molecule has 1 aromatic heterocycles. The second-order valence-electron chi connectivity index (χ2n) is 2.44. The number of aromatic nitrogens is 2. The van der Waals surface area contributed by atoms with Crippen molar-refractivity contribution in [2.24, 2.45) is 0 Å². The second-order valence-corrected chi connectivity index (χ2v) is 5.27. The molecular weight excluding hydrogens is 258 g/mol. The summed E-state index contributed by atoms with van der Waals surface area (Å²) in [7, 11) is -1.83. The highest BCUT2D eigenvalue weighted by Crippen LogP contribution is 2.12. The van der Waals surface area contributed by atoms with E-state index in [2.05, 4.69) is 26.1 Å². The molecular formula is C6H8BrN3O2S. The number of hydrogen-bond acceptors (Lipinski definition) is 4. The van der Waals surface area contributed by atoms with Crippen LogP contribution in [0.5, 0.6) is 0 Å². The Kier molecular flexibility index (Phi) is 2.87. The molecule has 0 radical (unpaired) electrons. The summed E-state index contributed by atoms with van der Waals surface area (Å²) in [6.07, 6.45) is 1.11. The molecule has 0 atom stereocenters. The third-order valence-electron chi connectivity index (χ3n) is 1.44. The molecule has 0 spiro atoms. The van der Waals surface area contributed by atoms with Gasteiger partial charge in [0.05, 0.1) is 6.26 Å². The van der Waals surface area contributed by atoms with Crippen molar-refractivity contribution in [1.82, 2.24) is 10.2 Å². The minimum absolute atomic E-state index is 0.297. The number of sulfonamides is 1. The minimum Gasteiger partial charge on any atom is -0.256 e. The molecule has 0 saturated carbocycles. The molecule has 0 bridgehead atoms. The van der Waals surface area contributed by atoms with Crippen LogP contribution in [0, 0.1) is 0 Å². The van der Waals surface area contributed by atoms with E-state index in [9.17, 15) is 8.42 Å². The summed E-state index contributed by atoms with van der Waals surface area (Å²) in [5.74, 6) is 0.297. The first-order chi connectivity index (χ1) is 5.91. The van der Waals surface area contributed by atoms with Gasteiger partial charge in [-0.3, -0.25) is 4.31 Å². The van der Waals surface area contributed by atoms with E-state index < -0.39 is 10.0 Å². The van der Waals surface area contributed by atoms with E-state index in [1.54, 1.807) is 12.1 Å². The van der Waals surface area contributed by atoms with Gasteiger partial charge in [-0.15, -0.1) is 10.2 Å². The minimum atomic E-state index is -3.25. The highest BCUT2D eigenvalue weighted by Gasteiger charge is 2.12. The lowest BCUT2D eigenvalue weighted by molar-refractivity contribution is 0.599. The fraction of sp³-hybridized carbons (Fsp3) is 0.333. The Morgan fingerprint density at radius 3 is 2.38 bits per heavy atom. The van der Waals surface area contributed by atoms with Crippen LogP contribution in [-0.2, 0) is 10.0 Å². The number of nitrogens with zero attached hydrogens (tertiary/aromatic N) is 3. The van der Waals surface area contributed by atoms with E-state index >= 15 is 0 Å². The van der Waals surface area contributed by atoms with E-state index in [0.29, 0.717) is 10.4 Å². The van der Waals surface area contributed by atoms with Gasteiger partial charge in [0.2, 0.25) is 10.0 Å². The molecule has 0 saturated heterocycles. The van der Waals surface area contributed by atoms with Gasteiger partial charge in [0.1, 0.15) is 4.60 Å². The fourth-order valence-corrected chi connectivity index (χ4v) is 1.30. The first-order valence-electron chi connectivity index (χ1n) is 3.34. The molecule has 0 aliphatic heterocycles. The normalized spacial score (nSPS) is 11.3. The van der Waals surface area contributed by atoms with Crippen molar-refractivity contribution in [3.63, 3.8) is 0 Å². The Balaban J connectivity index is 3.04. The molecule has 0 fully saturated rings. The highest BCUT2D eigenvalue weighted by molar-refractivity contribution is 9.10. The largest absolute Gasteiger partial charge is 0.256 e. The zero-order valence-electron chi connectivity index (χ0n) is 7.10. The fourth-order valence-electron chi connectivity index (χ4n) is 0.647. The summed E-state index contributed by atoms with van der Waals surface area (Å²) in [5, 5.41) is 7.37. The maximum atomic E-state index is 11.1. The van der Waals surface area contributed by atoms with Crippen molar-refractivity contribution in [3.05, 3.63) is 16.7 Å². The van der Waals surface area contributed by atoms with E-state index in [0.717, 1.165) is 10.6 Å². The van der Waals surface area contributed by atoms with Crippen molar-refractivity contribution in [1.29, 1.82) is 0 Å². The molecule has 72 valence electrons. The zero-order valence-corrected chi connectivity index (χ0v) is 9.50. The lowest BCUT2D eigenvalue weighted by atomic mass is 10.5. The maximum absolute atomic E-state index is 11.1. The van der Waals surface area contributed by atoms with Gasteiger partial charge >= 0.3 is 0 Å². The van der Waals surface area contributed by atoms with Gasteiger partial charge < -0.3 is 0 Å². The Morgan fingerprint density at radius 2 is 2.00 bits per heavy atom. The predicted octanol–water partition coefficient (Wildman–Crippen LogP) is 0.635. The van der Waals surface area contributed by atoms with Gasteiger partial charge in [-0.2, -0.15) is 0 Å². The number of hydrogen-bond donors (Lipinski definition) is 0. The third-order valence-corrected chi connectivity index (χ3v) is 3.04. The van der Waals surface area contributed by atoms with Gasteiger partial charge in [-0.1, -0.05) is 0 Å². The standard InChI is InChI=1S/C6H8BrN3O2S/c1-10(13(2,11)12)6-4-3-5(7)8-9-6/h3-4H,1-2H3. The molecule has 7 heteroatoms. The maximum Gasteiger partial charge on any atom is 0.233 e. The topological polar surface area (TPSA) is 63.2 Å². The first-order valence-corrected chi connectivity index (χ1v) is 5.98. The van der Waals surface area contributed by atoms with Gasteiger partial charge in [-0.05, 0) is 28.1 Å². The Bertz CT molecular complexity index is 389.